The van der Waals surface area contributed by atoms with Crippen LogP contribution in [0.3, 0.4) is 0 Å². The summed E-state index contributed by atoms with van der Waals surface area (Å²) in [5.74, 6) is -0.125. The highest BCUT2D eigenvalue weighted by Gasteiger charge is 2.34. The summed E-state index contributed by atoms with van der Waals surface area (Å²) >= 11 is 0. The van der Waals surface area contributed by atoms with Crippen LogP contribution in [0.4, 0.5) is 13.2 Å². The summed E-state index contributed by atoms with van der Waals surface area (Å²) in [7, 11) is 1.63. The number of aryl methyl sites for hydroxylation is 1. The van der Waals surface area contributed by atoms with E-state index in [0.29, 0.717) is 17.6 Å². The molecule has 0 fully saturated rings. The molecule has 0 saturated carbocycles. The van der Waals surface area contributed by atoms with E-state index in [2.05, 4.69) is 15.4 Å². The molecule has 0 unspecified atom stereocenters. The minimum atomic E-state index is -4.53. The molecule has 1 aromatic carbocycles. The third-order valence-electron chi connectivity index (χ3n) is 4.13. The van der Waals surface area contributed by atoms with Crippen molar-refractivity contribution in [1.29, 1.82) is 0 Å². The summed E-state index contributed by atoms with van der Waals surface area (Å²) in [5, 5.41) is 7.38. The maximum atomic E-state index is 13.4. The quantitative estimate of drug-likeness (QED) is 0.748. The Kier molecular flexibility index (Phi) is 4.91. The van der Waals surface area contributed by atoms with Crippen molar-refractivity contribution in [2.45, 2.75) is 20.0 Å². The predicted molar refractivity (Wildman–Crippen MR) is 96.1 cm³/mol. The lowest BCUT2D eigenvalue weighted by molar-refractivity contribution is -0.137. The number of carbonyl (C=O) groups is 1. The van der Waals surface area contributed by atoms with Crippen LogP contribution in [0, 0.1) is 5.92 Å². The van der Waals surface area contributed by atoms with E-state index in [0.717, 1.165) is 6.07 Å². The number of pyridine rings is 1. The van der Waals surface area contributed by atoms with Crippen molar-refractivity contribution in [3.63, 3.8) is 0 Å². The van der Waals surface area contributed by atoms with Crippen LogP contribution in [0.25, 0.3) is 22.3 Å². The van der Waals surface area contributed by atoms with Crippen molar-refractivity contribution in [2.24, 2.45) is 13.0 Å². The van der Waals surface area contributed by atoms with Gasteiger partial charge in [-0.3, -0.25) is 9.48 Å². The zero-order valence-corrected chi connectivity index (χ0v) is 15.1. The number of fused-ring (bicyclic) bond motifs is 1. The Bertz CT molecular complexity index is 992. The molecule has 0 atom stereocenters. The molecule has 1 amide bonds. The lowest BCUT2D eigenvalue weighted by Crippen LogP contribution is -2.27. The smallest absolute Gasteiger partial charge is 0.352 e. The Morgan fingerprint density at radius 2 is 1.96 bits per heavy atom. The second-order valence-corrected chi connectivity index (χ2v) is 6.71. The van der Waals surface area contributed by atoms with Crippen LogP contribution in [0.1, 0.15) is 29.8 Å². The minimum absolute atomic E-state index is 0.0775. The number of benzene rings is 1. The lowest BCUT2D eigenvalue weighted by Gasteiger charge is -2.14. The van der Waals surface area contributed by atoms with E-state index < -0.39 is 11.7 Å². The molecule has 5 nitrogen and oxygen atoms in total. The first kappa shape index (κ1) is 18.9. The highest BCUT2D eigenvalue weighted by molar-refractivity contribution is 6.06. The number of alkyl halides is 3. The van der Waals surface area contributed by atoms with Crippen LogP contribution >= 0.6 is 0 Å². The maximum Gasteiger partial charge on any atom is 0.417 e. The van der Waals surface area contributed by atoms with Gasteiger partial charge in [0.2, 0.25) is 0 Å². The van der Waals surface area contributed by atoms with Crippen LogP contribution in [0.2, 0.25) is 0 Å². The van der Waals surface area contributed by atoms with E-state index in [1.165, 1.54) is 35.1 Å². The van der Waals surface area contributed by atoms with E-state index in [1.807, 2.05) is 13.8 Å². The van der Waals surface area contributed by atoms with Gasteiger partial charge in [-0.2, -0.15) is 18.3 Å². The summed E-state index contributed by atoms with van der Waals surface area (Å²) < 4.78 is 41.7. The monoisotopic (exact) mass is 376 g/mol. The first-order valence-corrected chi connectivity index (χ1v) is 8.46. The number of rotatable bonds is 4. The SMILES string of the molecule is CC(C)CNC(=O)c1cc(-c2ccccc2C(F)(F)F)nc2c1cnn2C. The van der Waals surface area contributed by atoms with Gasteiger partial charge in [0.1, 0.15) is 0 Å². The number of hydrogen-bond donors (Lipinski definition) is 1. The molecule has 0 saturated heterocycles. The highest BCUT2D eigenvalue weighted by Crippen LogP contribution is 2.37. The molecule has 8 heteroatoms. The number of hydrogen-bond acceptors (Lipinski definition) is 3. The van der Waals surface area contributed by atoms with Gasteiger partial charge < -0.3 is 5.32 Å². The Balaban J connectivity index is 2.19. The molecule has 2 aromatic heterocycles. The van der Waals surface area contributed by atoms with Crippen molar-refractivity contribution < 1.29 is 18.0 Å². The Hall–Kier alpha value is -2.90. The van der Waals surface area contributed by atoms with Crippen LogP contribution in [-0.2, 0) is 13.2 Å². The van der Waals surface area contributed by atoms with Crippen molar-refractivity contribution in [1.82, 2.24) is 20.1 Å². The predicted octanol–water partition coefficient (Wildman–Crippen LogP) is 4.04. The van der Waals surface area contributed by atoms with Crippen LogP contribution in [0.5, 0.6) is 0 Å². The molecular formula is C19H19F3N4O. The first-order chi connectivity index (χ1) is 12.7. The molecule has 27 heavy (non-hydrogen) atoms. The van der Waals surface area contributed by atoms with Gasteiger partial charge in [-0.1, -0.05) is 32.0 Å². The second-order valence-electron chi connectivity index (χ2n) is 6.71. The molecule has 0 spiro atoms. The van der Waals surface area contributed by atoms with Crippen LogP contribution < -0.4 is 5.32 Å². The van der Waals surface area contributed by atoms with Gasteiger partial charge in [-0.15, -0.1) is 0 Å². The van der Waals surface area contributed by atoms with Crippen molar-refractivity contribution in [3.05, 3.63) is 47.7 Å². The molecule has 2 heterocycles. The Morgan fingerprint density at radius 3 is 2.63 bits per heavy atom. The number of nitrogens with one attached hydrogen (secondary N) is 1. The number of nitrogens with zero attached hydrogens (tertiary/aromatic N) is 3. The number of carbonyl (C=O) groups excluding carboxylic acids is 1. The molecule has 0 radical (unpaired) electrons. The van der Waals surface area contributed by atoms with E-state index in [1.54, 1.807) is 7.05 Å². The first-order valence-electron chi connectivity index (χ1n) is 8.46. The second kappa shape index (κ2) is 7.02. The highest BCUT2D eigenvalue weighted by atomic mass is 19.4. The normalized spacial score (nSPS) is 12.0. The molecule has 142 valence electrons. The fourth-order valence-electron chi connectivity index (χ4n) is 2.79. The van der Waals surface area contributed by atoms with Gasteiger partial charge in [0, 0.05) is 19.2 Å². The molecule has 3 aromatic rings. The van der Waals surface area contributed by atoms with Gasteiger partial charge in [-0.25, -0.2) is 4.98 Å². The van der Waals surface area contributed by atoms with Gasteiger partial charge in [0.25, 0.3) is 5.91 Å². The Morgan fingerprint density at radius 1 is 1.26 bits per heavy atom. The molecule has 0 aliphatic rings. The van der Waals surface area contributed by atoms with Crippen molar-refractivity contribution >= 4 is 16.9 Å². The topological polar surface area (TPSA) is 59.8 Å². The third kappa shape index (κ3) is 3.79. The largest absolute Gasteiger partial charge is 0.417 e. The molecule has 1 N–H and O–H groups in total. The number of aromatic nitrogens is 3. The summed E-state index contributed by atoms with van der Waals surface area (Å²) in [4.78, 5) is 17.0. The van der Waals surface area contributed by atoms with Gasteiger partial charge >= 0.3 is 6.18 Å². The molecule has 3 rings (SSSR count). The van der Waals surface area contributed by atoms with E-state index in [4.69, 9.17) is 0 Å². The average molecular weight is 376 g/mol. The molecule has 0 aliphatic carbocycles. The number of amides is 1. The summed E-state index contributed by atoms with van der Waals surface area (Å²) in [6.07, 6.45) is -3.04. The van der Waals surface area contributed by atoms with Gasteiger partial charge in [0.15, 0.2) is 5.65 Å². The molecular weight excluding hydrogens is 357 g/mol. The Labute approximate surface area is 154 Å². The molecule has 0 aliphatic heterocycles. The minimum Gasteiger partial charge on any atom is -0.352 e. The summed E-state index contributed by atoms with van der Waals surface area (Å²) in [6.45, 7) is 4.37. The fraction of sp³-hybridized carbons (Fsp3) is 0.316. The summed E-state index contributed by atoms with van der Waals surface area (Å²) in [5.41, 5.74) is -0.202. The zero-order valence-electron chi connectivity index (χ0n) is 15.1. The van der Waals surface area contributed by atoms with E-state index in [-0.39, 0.29) is 28.6 Å². The average Bonchev–Trinajstić information content (AvgIpc) is 2.99. The van der Waals surface area contributed by atoms with Gasteiger partial charge in [0.05, 0.1) is 28.4 Å². The van der Waals surface area contributed by atoms with Crippen molar-refractivity contribution in [3.8, 4) is 11.3 Å². The molecule has 0 bridgehead atoms. The summed E-state index contributed by atoms with van der Waals surface area (Å²) in [6, 6.07) is 6.58. The van der Waals surface area contributed by atoms with E-state index >= 15 is 0 Å². The third-order valence-corrected chi connectivity index (χ3v) is 4.13. The van der Waals surface area contributed by atoms with Crippen LogP contribution in [-0.4, -0.2) is 27.2 Å². The van der Waals surface area contributed by atoms with Gasteiger partial charge in [-0.05, 0) is 18.1 Å². The zero-order chi connectivity index (χ0) is 19.8. The van der Waals surface area contributed by atoms with E-state index in [9.17, 15) is 18.0 Å². The lowest BCUT2D eigenvalue weighted by atomic mass is 10.0. The number of halogens is 3. The van der Waals surface area contributed by atoms with Crippen molar-refractivity contribution in [2.75, 3.05) is 6.54 Å². The standard InChI is InChI=1S/C19H19F3N4O/c1-11(2)9-23-18(27)13-8-16(25-17-14(13)10-24-26(17)3)12-6-4-5-7-15(12)19(20,21)22/h4-8,10-11H,9H2,1-3H3,(H,23,27). The fourth-order valence-corrected chi connectivity index (χ4v) is 2.79. The van der Waals surface area contributed by atoms with Crippen LogP contribution in [0.15, 0.2) is 36.5 Å². The maximum absolute atomic E-state index is 13.4.